The largest absolute Gasteiger partial charge is 0.505 e. The van der Waals surface area contributed by atoms with E-state index in [-0.39, 0.29) is 47.1 Å². The molecule has 0 spiro atoms. The quantitative estimate of drug-likeness (QED) is 0.267. The Bertz CT molecular complexity index is 793. The summed E-state index contributed by atoms with van der Waals surface area (Å²) in [6.45, 7) is 3.65. The number of nitrogens with two attached hydrogens (primary N) is 2. The number of amides is 2. The van der Waals surface area contributed by atoms with E-state index in [1.165, 1.54) is 12.1 Å². The van der Waals surface area contributed by atoms with Gasteiger partial charge in [0.25, 0.3) is 11.8 Å². The van der Waals surface area contributed by atoms with Crippen molar-refractivity contribution in [3.63, 3.8) is 0 Å². The predicted molar refractivity (Wildman–Crippen MR) is 99.2 cm³/mol. The zero-order valence-electron chi connectivity index (χ0n) is 14.6. The smallest absolute Gasteiger partial charge is 0.253 e. The standard InChI is InChI=1S/C18H22N4O4/c1-9-3-5-11(13(19)15(9)23)17(25)21-7-8-22-18(26)12-6-4-10(2)16(24)14(12)20/h3-6,23-24H,7-8,19-20H2,1-2H3,(H,21,25)(H,22,26). The minimum absolute atomic E-state index is 0.00874. The zero-order chi connectivity index (χ0) is 19.4. The third-order valence-electron chi connectivity index (χ3n) is 4.02. The van der Waals surface area contributed by atoms with E-state index in [1.807, 2.05) is 0 Å². The topological polar surface area (TPSA) is 151 Å². The van der Waals surface area contributed by atoms with Crippen LogP contribution in [-0.2, 0) is 0 Å². The summed E-state index contributed by atoms with van der Waals surface area (Å²) in [4.78, 5) is 24.2. The number of phenols is 2. The third-order valence-corrected chi connectivity index (χ3v) is 4.02. The average Bonchev–Trinajstić information content (AvgIpc) is 2.61. The summed E-state index contributed by atoms with van der Waals surface area (Å²) >= 11 is 0. The Morgan fingerprint density at radius 1 is 0.808 bits per heavy atom. The molecular weight excluding hydrogens is 336 g/mol. The van der Waals surface area contributed by atoms with Crippen LogP contribution in [0.15, 0.2) is 24.3 Å². The van der Waals surface area contributed by atoms with Crippen molar-refractivity contribution in [3.8, 4) is 11.5 Å². The van der Waals surface area contributed by atoms with Crippen molar-refractivity contribution in [1.29, 1.82) is 0 Å². The van der Waals surface area contributed by atoms with Crippen molar-refractivity contribution in [2.75, 3.05) is 24.6 Å². The number of benzene rings is 2. The van der Waals surface area contributed by atoms with E-state index >= 15 is 0 Å². The summed E-state index contributed by atoms with van der Waals surface area (Å²) in [7, 11) is 0. The fraction of sp³-hybridized carbons (Fsp3) is 0.222. The van der Waals surface area contributed by atoms with Crippen LogP contribution in [0.25, 0.3) is 0 Å². The van der Waals surface area contributed by atoms with Crippen LogP contribution in [0.4, 0.5) is 11.4 Å². The Hall–Kier alpha value is -3.42. The first kappa shape index (κ1) is 18.9. The van der Waals surface area contributed by atoms with Crippen LogP contribution in [0.5, 0.6) is 11.5 Å². The van der Waals surface area contributed by atoms with Crippen LogP contribution in [0.2, 0.25) is 0 Å². The lowest BCUT2D eigenvalue weighted by Crippen LogP contribution is -2.35. The first-order valence-corrected chi connectivity index (χ1v) is 7.96. The summed E-state index contributed by atoms with van der Waals surface area (Å²) in [5, 5.41) is 24.8. The van der Waals surface area contributed by atoms with Gasteiger partial charge in [0.15, 0.2) is 0 Å². The monoisotopic (exact) mass is 358 g/mol. The van der Waals surface area contributed by atoms with E-state index in [1.54, 1.807) is 26.0 Å². The molecular formula is C18H22N4O4. The first-order valence-electron chi connectivity index (χ1n) is 7.96. The molecule has 0 radical (unpaired) electrons. The molecule has 0 unspecified atom stereocenters. The van der Waals surface area contributed by atoms with Gasteiger partial charge >= 0.3 is 0 Å². The van der Waals surface area contributed by atoms with Crippen LogP contribution < -0.4 is 22.1 Å². The van der Waals surface area contributed by atoms with Gasteiger partial charge in [0.1, 0.15) is 11.5 Å². The van der Waals surface area contributed by atoms with Crippen molar-refractivity contribution >= 4 is 23.2 Å². The van der Waals surface area contributed by atoms with Gasteiger partial charge in [0.05, 0.1) is 22.5 Å². The number of carbonyl (C=O) groups excluding carboxylic acids is 2. The molecule has 0 atom stereocenters. The van der Waals surface area contributed by atoms with E-state index in [4.69, 9.17) is 11.5 Å². The SMILES string of the molecule is Cc1ccc(C(=O)NCCNC(=O)c2ccc(C)c(O)c2N)c(N)c1O. The van der Waals surface area contributed by atoms with E-state index < -0.39 is 11.8 Å². The lowest BCUT2D eigenvalue weighted by molar-refractivity contribution is 0.0928. The molecule has 0 aliphatic heterocycles. The van der Waals surface area contributed by atoms with Gasteiger partial charge in [-0.1, -0.05) is 12.1 Å². The molecule has 0 saturated carbocycles. The molecule has 2 rings (SSSR count). The molecule has 2 aromatic carbocycles. The number of phenolic OH excluding ortho intramolecular Hbond substituents is 2. The summed E-state index contributed by atoms with van der Waals surface area (Å²) in [6, 6.07) is 6.23. The minimum Gasteiger partial charge on any atom is -0.505 e. The lowest BCUT2D eigenvalue weighted by Gasteiger charge is -2.12. The lowest BCUT2D eigenvalue weighted by atomic mass is 10.1. The first-order chi connectivity index (χ1) is 12.2. The fourth-order valence-corrected chi connectivity index (χ4v) is 2.37. The molecule has 0 aromatic heterocycles. The highest BCUT2D eigenvalue weighted by atomic mass is 16.3. The molecule has 138 valence electrons. The second-order valence-electron chi connectivity index (χ2n) is 5.90. The third kappa shape index (κ3) is 3.80. The van der Waals surface area contributed by atoms with Crippen molar-refractivity contribution in [1.82, 2.24) is 10.6 Å². The Kier molecular flexibility index (Phi) is 5.56. The number of rotatable bonds is 5. The van der Waals surface area contributed by atoms with Crippen LogP contribution in [0.1, 0.15) is 31.8 Å². The highest BCUT2D eigenvalue weighted by Gasteiger charge is 2.15. The van der Waals surface area contributed by atoms with Gasteiger partial charge in [0, 0.05) is 13.1 Å². The Morgan fingerprint density at radius 2 is 1.15 bits per heavy atom. The second kappa shape index (κ2) is 7.64. The summed E-state index contributed by atoms with van der Waals surface area (Å²) in [5.41, 5.74) is 13.0. The molecule has 8 N–H and O–H groups in total. The summed E-state index contributed by atoms with van der Waals surface area (Å²) < 4.78 is 0. The number of aromatic hydroxyl groups is 2. The molecule has 0 saturated heterocycles. The molecule has 8 nitrogen and oxygen atoms in total. The Balaban J connectivity index is 1.91. The molecule has 0 aliphatic carbocycles. The number of hydrogen-bond acceptors (Lipinski definition) is 6. The van der Waals surface area contributed by atoms with Gasteiger partial charge < -0.3 is 32.3 Å². The minimum atomic E-state index is -0.459. The number of carbonyl (C=O) groups is 2. The van der Waals surface area contributed by atoms with Gasteiger partial charge in [-0.05, 0) is 37.1 Å². The molecule has 0 heterocycles. The Morgan fingerprint density at radius 3 is 1.50 bits per heavy atom. The van der Waals surface area contributed by atoms with Crippen LogP contribution >= 0.6 is 0 Å². The summed E-state index contributed by atoms with van der Waals surface area (Å²) in [6.07, 6.45) is 0. The fourth-order valence-electron chi connectivity index (χ4n) is 2.37. The molecule has 0 fully saturated rings. The van der Waals surface area contributed by atoms with Gasteiger partial charge in [0.2, 0.25) is 0 Å². The van der Waals surface area contributed by atoms with Crippen molar-refractivity contribution in [2.24, 2.45) is 0 Å². The molecule has 26 heavy (non-hydrogen) atoms. The predicted octanol–water partition coefficient (Wildman–Crippen LogP) is 1.04. The van der Waals surface area contributed by atoms with Gasteiger partial charge in [-0.15, -0.1) is 0 Å². The average molecular weight is 358 g/mol. The van der Waals surface area contributed by atoms with Crippen molar-refractivity contribution in [2.45, 2.75) is 13.8 Å². The molecule has 2 amide bonds. The van der Waals surface area contributed by atoms with E-state index in [0.717, 1.165) is 0 Å². The Labute approximate surface area is 150 Å². The van der Waals surface area contributed by atoms with Crippen molar-refractivity contribution in [3.05, 3.63) is 46.5 Å². The highest BCUT2D eigenvalue weighted by Crippen LogP contribution is 2.28. The van der Waals surface area contributed by atoms with Crippen LogP contribution in [0.3, 0.4) is 0 Å². The maximum Gasteiger partial charge on any atom is 0.253 e. The van der Waals surface area contributed by atoms with Crippen LogP contribution in [0, 0.1) is 13.8 Å². The normalized spacial score (nSPS) is 10.4. The molecule has 0 bridgehead atoms. The number of anilines is 2. The zero-order valence-corrected chi connectivity index (χ0v) is 14.6. The van der Waals surface area contributed by atoms with E-state index in [2.05, 4.69) is 10.6 Å². The number of nitrogen functional groups attached to an aromatic ring is 2. The van der Waals surface area contributed by atoms with Crippen molar-refractivity contribution < 1.29 is 19.8 Å². The maximum absolute atomic E-state index is 12.1. The number of aryl methyl sites for hydroxylation is 2. The van der Waals surface area contributed by atoms with Gasteiger partial charge in [-0.2, -0.15) is 0 Å². The molecule has 8 heteroatoms. The van der Waals surface area contributed by atoms with E-state index in [9.17, 15) is 19.8 Å². The molecule has 0 aliphatic rings. The van der Waals surface area contributed by atoms with E-state index in [0.29, 0.717) is 11.1 Å². The van der Waals surface area contributed by atoms with Crippen LogP contribution in [-0.4, -0.2) is 35.1 Å². The molecule has 2 aromatic rings. The summed E-state index contributed by atoms with van der Waals surface area (Å²) in [5.74, 6) is -1.17. The second-order valence-corrected chi connectivity index (χ2v) is 5.90. The highest BCUT2D eigenvalue weighted by molar-refractivity contribution is 6.01. The number of hydrogen-bond donors (Lipinski definition) is 6. The van der Waals surface area contributed by atoms with Gasteiger partial charge in [-0.3, -0.25) is 9.59 Å². The number of nitrogens with one attached hydrogen (secondary N) is 2. The maximum atomic E-state index is 12.1. The van der Waals surface area contributed by atoms with Gasteiger partial charge in [-0.25, -0.2) is 0 Å².